The second kappa shape index (κ2) is 52.0. The number of aliphatic hydroxyl groups is 2. The van der Waals surface area contributed by atoms with Gasteiger partial charge in [-0.1, -0.05) is 250 Å². The van der Waals surface area contributed by atoms with Gasteiger partial charge in [0.15, 0.2) is 0 Å². The largest absolute Gasteiger partial charge is 0.466 e. The van der Waals surface area contributed by atoms with Crippen LogP contribution in [0.5, 0.6) is 0 Å². The molecular weight excluding hydrogens is 767 g/mol. The summed E-state index contributed by atoms with van der Waals surface area (Å²) in [6.45, 7) is 4.87. The van der Waals surface area contributed by atoms with E-state index in [1.165, 1.54) is 225 Å². The van der Waals surface area contributed by atoms with Crippen molar-refractivity contribution in [2.45, 2.75) is 309 Å². The van der Waals surface area contributed by atoms with E-state index >= 15 is 0 Å². The van der Waals surface area contributed by atoms with Gasteiger partial charge in [0.1, 0.15) is 0 Å². The number of hydrogen-bond acceptors (Lipinski definition) is 5. The molecule has 0 aromatic carbocycles. The predicted octanol–water partition coefficient (Wildman–Crippen LogP) is 16.7. The highest BCUT2D eigenvalue weighted by Crippen LogP contribution is 2.17. The molecule has 2 atom stereocenters. The number of nitrogens with one attached hydrogen (secondary N) is 1. The van der Waals surface area contributed by atoms with Crippen LogP contribution < -0.4 is 5.32 Å². The van der Waals surface area contributed by atoms with Gasteiger partial charge < -0.3 is 20.3 Å². The van der Waals surface area contributed by atoms with Gasteiger partial charge in [-0.3, -0.25) is 9.59 Å². The van der Waals surface area contributed by atoms with Gasteiger partial charge in [-0.15, -0.1) is 0 Å². The van der Waals surface area contributed by atoms with E-state index in [1.807, 2.05) is 6.08 Å². The zero-order chi connectivity index (χ0) is 45.1. The van der Waals surface area contributed by atoms with Gasteiger partial charge in [-0.05, 0) is 57.8 Å². The molecule has 0 aliphatic carbocycles. The molecule has 366 valence electrons. The van der Waals surface area contributed by atoms with E-state index < -0.39 is 12.1 Å². The van der Waals surface area contributed by atoms with E-state index in [4.69, 9.17) is 4.74 Å². The molecule has 0 saturated carbocycles. The Morgan fingerprint density at radius 2 is 0.758 bits per heavy atom. The summed E-state index contributed by atoms with van der Waals surface area (Å²) in [6.07, 6.45) is 62.0. The normalized spacial score (nSPS) is 12.8. The van der Waals surface area contributed by atoms with Gasteiger partial charge in [0, 0.05) is 12.8 Å². The third-order valence-corrected chi connectivity index (χ3v) is 12.7. The molecule has 0 aromatic rings. The fourth-order valence-electron chi connectivity index (χ4n) is 8.45. The molecule has 62 heavy (non-hydrogen) atoms. The standard InChI is InChI=1S/C56H107NO5/c1-3-5-7-9-11-13-15-25-30-34-38-42-46-50-56(61)62-51-47-43-39-35-31-27-24-22-20-18-16-17-19-21-23-26-29-33-37-41-45-49-55(60)57-53(52-58)54(59)48-44-40-36-32-28-14-12-10-8-6-4-2/h13,15,44,48,53-54,58-59H,3-12,14,16-43,45-47,49-52H2,1-2H3,(H,57,60)/b15-13-,48-44+. The zero-order valence-corrected chi connectivity index (χ0v) is 41.6. The first-order valence-electron chi connectivity index (χ1n) is 27.6. The summed E-state index contributed by atoms with van der Waals surface area (Å²) >= 11 is 0. The van der Waals surface area contributed by atoms with Crippen molar-refractivity contribution in [3.05, 3.63) is 24.3 Å². The Morgan fingerprint density at radius 1 is 0.435 bits per heavy atom. The molecule has 0 aliphatic heterocycles. The van der Waals surface area contributed by atoms with E-state index in [0.717, 1.165) is 44.9 Å². The second-order valence-corrected chi connectivity index (χ2v) is 18.9. The lowest BCUT2D eigenvalue weighted by molar-refractivity contribution is -0.143. The number of aliphatic hydroxyl groups excluding tert-OH is 2. The Balaban J connectivity index is 3.39. The summed E-state index contributed by atoms with van der Waals surface area (Å²) in [4.78, 5) is 24.4. The summed E-state index contributed by atoms with van der Waals surface area (Å²) in [5, 5.41) is 23.0. The Bertz CT molecular complexity index is 966. The quantitative estimate of drug-likeness (QED) is 0.0321. The SMILES string of the molecule is CCCCCC/C=C\CCCCCCCC(=O)OCCCCCCCCCCCCCCCCCCCCCCCC(=O)NC(CO)C(O)/C=C/CCCCCCCCCCC. The number of carbonyl (C=O) groups excluding carboxylic acids is 2. The van der Waals surface area contributed by atoms with Crippen molar-refractivity contribution in [1.82, 2.24) is 5.32 Å². The molecule has 0 saturated heterocycles. The van der Waals surface area contributed by atoms with Crippen LogP contribution in [0.25, 0.3) is 0 Å². The van der Waals surface area contributed by atoms with Crippen LogP contribution in [0, 0.1) is 0 Å². The van der Waals surface area contributed by atoms with E-state index in [1.54, 1.807) is 6.08 Å². The minimum absolute atomic E-state index is 0.00185. The molecule has 0 bridgehead atoms. The van der Waals surface area contributed by atoms with Crippen LogP contribution in [0.4, 0.5) is 0 Å². The number of carbonyl (C=O) groups is 2. The van der Waals surface area contributed by atoms with Crippen molar-refractivity contribution in [2.24, 2.45) is 0 Å². The first-order valence-corrected chi connectivity index (χ1v) is 27.6. The van der Waals surface area contributed by atoms with Gasteiger partial charge in [-0.2, -0.15) is 0 Å². The summed E-state index contributed by atoms with van der Waals surface area (Å²) in [7, 11) is 0. The first-order chi connectivity index (χ1) is 30.5. The maximum absolute atomic E-state index is 12.4. The molecule has 0 aliphatic rings. The van der Waals surface area contributed by atoms with E-state index in [2.05, 4.69) is 31.3 Å². The van der Waals surface area contributed by atoms with E-state index in [9.17, 15) is 19.8 Å². The molecule has 0 spiro atoms. The van der Waals surface area contributed by atoms with Crippen LogP contribution in [0.1, 0.15) is 296 Å². The number of esters is 1. The molecule has 0 aromatic heterocycles. The highest BCUT2D eigenvalue weighted by atomic mass is 16.5. The van der Waals surface area contributed by atoms with Crippen LogP contribution in [0.2, 0.25) is 0 Å². The second-order valence-electron chi connectivity index (χ2n) is 18.9. The van der Waals surface area contributed by atoms with Crippen molar-refractivity contribution in [1.29, 1.82) is 0 Å². The fraction of sp³-hybridized carbons (Fsp3) is 0.893. The first kappa shape index (κ1) is 60.3. The molecule has 0 radical (unpaired) electrons. The van der Waals surface area contributed by atoms with Crippen molar-refractivity contribution in [3.63, 3.8) is 0 Å². The van der Waals surface area contributed by atoms with Crippen molar-refractivity contribution in [3.8, 4) is 0 Å². The fourth-order valence-corrected chi connectivity index (χ4v) is 8.45. The molecular formula is C56H107NO5. The Morgan fingerprint density at radius 3 is 1.16 bits per heavy atom. The Labute approximate surface area is 386 Å². The number of rotatable bonds is 51. The Kier molecular flexibility index (Phi) is 50.6. The molecule has 6 heteroatoms. The highest BCUT2D eigenvalue weighted by Gasteiger charge is 2.18. The molecule has 6 nitrogen and oxygen atoms in total. The number of amides is 1. The molecule has 1 amide bonds. The summed E-state index contributed by atoms with van der Waals surface area (Å²) in [6, 6.07) is -0.627. The number of ether oxygens (including phenoxy) is 1. The third kappa shape index (κ3) is 47.8. The molecule has 3 N–H and O–H groups in total. The lowest BCUT2D eigenvalue weighted by Gasteiger charge is -2.20. The van der Waals surface area contributed by atoms with Gasteiger partial charge in [0.25, 0.3) is 0 Å². The average Bonchev–Trinajstić information content (AvgIpc) is 3.27. The molecule has 0 heterocycles. The minimum Gasteiger partial charge on any atom is -0.466 e. The monoisotopic (exact) mass is 874 g/mol. The van der Waals surface area contributed by atoms with Crippen LogP contribution in [0.3, 0.4) is 0 Å². The smallest absolute Gasteiger partial charge is 0.305 e. The number of allylic oxidation sites excluding steroid dienone is 3. The van der Waals surface area contributed by atoms with E-state index in [0.29, 0.717) is 19.4 Å². The van der Waals surface area contributed by atoms with Crippen LogP contribution in [-0.2, 0) is 14.3 Å². The average molecular weight is 874 g/mol. The molecule has 0 rings (SSSR count). The summed E-state index contributed by atoms with van der Waals surface area (Å²) < 4.78 is 5.46. The van der Waals surface area contributed by atoms with Crippen LogP contribution >= 0.6 is 0 Å². The predicted molar refractivity (Wildman–Crippen MR) is 269 cm³/mol. The summed E-state index contributed by atoms with van der Waals surface area (Å²) in [5.41, 5.74) is 0. The minimum atomic E-state index is -0.843. The zero-order valence-electron chi connectivity index (χ0n) is 41.6. The van der Waals surface area contributed by atoms with Crippen molar-refractivity contribution in [2.75, 3.05) is 13.2 Å². The highest BCUT2D eigenvalue weighted by molar-refractivity contribution is 5.76. The van der Waals surface area contributed by atoms with E-state index in [-0.39, 0.29) is 18.5 Å². The van der Waals surface area contributed by atoms with Gasteiger partial charge in [0.05, 0.1) is 25.4 Å². The lowest BCUT2D eigenvalue weighted by Crippen LogP contribution is -2.45. The van der Waals surface area contributed by atoms with Gasteiger partial charge in [-0.25, -0.2) is 0 Å². The van der Waals surface area contributed by atoms with Crippen molar-refractivity contribution < 1.29 is 24.5 Å². The topological polar surface area (TPSA) is 95.9 Å². The Hall–Kier alpha value is -1.66. The lowest BCUT2D eigenvalue weighted by atomic mass is 10.0. The number of hydrogen-bond donors (Lipinski definition) is 3. The third-order valence-electron chi connectivity index (χ3n) is 12.7. The number of unbranched alkanes of at least 4 members (excludes halogenated alkanes) is 38. The van der Waals surface area contributed by atoms with Crippen molar-refractivity contribution >= 4 is 11.9 Å². The maximum Gasteiger partial charge on any atom is 0.305 e. The van der Waals surface area contributed by atoms with Crippen LogP contribution in [-0.4, -0.2) is 47.4 Å². The molecule has 2 unspecified atom stereocenters. The van der Waals surface area contributed by atoms with Crippen LogP contribution in [0.15, 0.2) is 24.3 Å². The maximum atomic E-state index is 12.4. The van der Waals surface area contributed by atoms with Gasteiger partial charge >= 0.3 is 5.97 Å². The summed E-state index contributed by atoms with van der Waals surface area (Å²) in [5.74, 6) is -0.0682. The molecule has 0 fully saturated rings. The van der Waals surface area contributed by atoms with Gasteiger partial charge in [0.2, 0.25) is 5.91 Å².